The number of carbonyl (C=O) groups is 2. The lowest BCUT2D eigenvalue weighted by atomic mass is 9.43. The number of aliphatic hydroxyl groups excluding tert-OH is 1. The van der Waals surface area contributed by atoms with Crippen LogP contribution in [0.2, 0.25) is 0 Å². The number of aryl methyl sites for hydroxylation is 2. The lowest BCUT2D eigenvalue weighted by Gasteiger charge is -2.61. The van der Waals surface area contributed by atoms with Gasteiger partial charge < -0.3 is 49.4 Å². The van der Waals surface area contributed by atoms with E-state index >= 15 is 0 Å². The van der Waals surface area contributed by atoms with E-state index in [1.165, 1.54) is 26.7 Å². The summed E-state index contributed by atoms with van der Waals surface area (Å²) in [5.41, 5.74) is 9.95. The van der Waals surface area contributed by atoms with Crippen molar-refractivity contribution in [2.45, 2.75) is 102 Å². The van der Waals surface area contributed by atoms with Gasteiger partial charge >= 0.3 is 11.9 Å². The molecule has 6 aromatic rings. The third kappa shape index (κ3) is 10.2. The zero-order valence-electron chi connectivity index (χ0n) is 43.4. The summed E-state index contributed by atoms with van der Waals surface area (Å²) in [5.74, 6) is -1.53. The second-order valence-corrected chi connectivity index (χ2v) is 20.9. The van der Waals surface area contributed by atoms with Gasteiger partial charge in [0.25, 0.3) is 0 Å². The van der Waals surface area contributed by atoms with Crippen molar-refractivity contribution in [2.75, 3.05) is 40.6 Å². The van der Waals surface area contributed by atoms with Gasteiger partial charge in [-0.3, -0.25) is 9.59 Å². The number of nitrogens with one attached hydrogen (secondary N) is 1. The molecule has 1 saturated carbocycles. The lowest BCUT2D eigenvalue weighted by Crippen LogP contribution is -2.58. The van der Waals surface area contributed by atoms with Crippen molar-refractivity contribution in [3.05, 3.63) is 153 Å². The molecule has 0 aliphatic heterocycles. The van der Waals surface area contributed by atoms with Crippen LogP contribution in [0.4, 0.5) is 0 Å². The Kier molecular flexibility index (Phi) is 15.2. The van der Waals surface area contributed by atoms with Gasteiger partial charge in [0.1, 0.15) is 18.0 Å². The van der Waals surface area contributed by atoms with Crippen LogP contribution < -0.4 is 14.8 Å². The van der Waals surface area contributed by atoms with E-state index in [9.17, 15) is 30.0 Å². The van der Waals surface area contributed by atoms with Crippen LogP contribution in [0.1, 0.15) is 102 Å². The van der Waals surface area contributed by atoms with Gasteiger partial charge in [-0.2, -0.15) is 0 Å². The second-order valence-electron chi connectivity index (χ2n) is 20.9. The van der Waals surface area contributed by atoms with Crippen LogP contribution in [0.25, 0.3) is 28.0 Å². The predicted octanol–water partition coefficient (Wildman–Crippen LogP) is 10.6. The fourth-order valence-electron chi connectivity index (χ4n) is 13.8. The number of aliphatic hydroxyl groups is 1. The van der Waals surface area contributed by atoms with Crippen molar-refractivity contribution >= 4 is 28.8 Å². The second kappa shape index (κ2) is 22.2. The van der Waals surface area contributed by atoms with Gasteiger partial charge in [-0.05, 0) is 185 Å². The standard InChI is InChI=1S/C63H69NO11/c1-5-73-21-9-20-64-35-39-10-8-13-42(22-39)50-30-47(67)26-43-15-14-38(23-49(43)50)24-62(70)75-48-31-53-51-34-61(72-4)57(68)28-44(51)17-19-54(53)63(46-18-16-40-11-6-7-12-41(40)25-46)55(59(32-48)74-37(2)66)27-45-29-60(71-3)58(69)33-52(45)56(63)36-65/h6-8,10-15,22-23,25-26,28-30,33-34,48,53-56,59,64-65,67-69H,5,9,16-21,24,27,31-32,35-36H2,1-4H3. The number of hydrogen-bond acceptors (Lipinski definition) is 12. The summed E-state index contributed by atoms with van der Waals surface area (Å²) in [7, 11) is 3.05. The Morgan fingerprint density at radius 2 is 1.57 bits per heavy atom. The van der Waals surface area contributed by atoms with E-state index in [2.05, 4.69) is 41.7 Å². The van der Waals surface area contributed by atoms with Crippen molar-refractivity contribution in [2.24, 2.45) is 17.3 Å². The summed E-state index contributed by atoms with van der Waals surface area (Å²) < 4.78 is 30.2. The van der Waals surface area contributed by atoms with E-state index in [4.69, 9.17) is 23.7 Å². The highest BCUT2D eigenvalue weighted by molar-refractivity contribution is 5.98. The van der Waals surface area contributed by atoms with E-state index in [-0.39, 0.29) is 48.5 Å². The number of hydrogen-bond donors (Lipinski definition) is 5. The number of aromatic hydroxyl groups is 3. The van der Waals surface area contributed by atoms with Crippen LogP contribution >= 0.6 is 0 Å². The number of esters is 2. The molecule has 7 unspecified atom stereocenters. The zero-order chi connectivity index (χ0) is 52.4. The van der Waals surface area contributed by atoms with Gasteiger partial charge in [-0.1, -0.05) is 66.2 Å². The summed E-state index contributed by atoms with van der Waals surface area (Å²) in [4.78, 5) is 28.2. The predicted molar refractivity (Wildman–Crippen MR) is 288 cm³/mol. The Hall–Kier alpha value is -6.86. The summed E-state index contributed by atoms with van der Waals surface area (Å²) >= 11 is 0. The van der Waals surface area contributed by atoms with Crippen molar-refractivity contribution < 1.29 is 53.7 Å². The molecule has 1 fully saturated rings. The number of phenolic OH excluding ortho intramolecular Hbond substituents is 3. The van der Waals surface area contributed by atoms with E-state index in [1.807, 2.05) is 55.5 Å². The molecule has 12 nitrogen and oxygen atoms in total. The first-order valence-corrected chi connectivity index (χ1v) is 26.6. The SMILES string of the molecule is CCOCCCNCc1cccc(-c2cc(O)cc3ccc(CC(=O)OC4CC(OC(C)=O)C5Cc6cc(OC)c(O)cc6C(CO)C5(C5=Cc6ccccc6CC5)C5CCc6cc(O)c(OC)cc6C5C4)cc23)c1. The molecular weight excluding hydrogens is 947 g/mol. The molecular formula is C63H69NO11. The molecule has 6 aromatic carbocycles. The van der Waals surface area contributed by atoms with Crippen LogP contribution in [0.5, 0.6) is 28.7 Å². The number of allylic oxidation sites excluding steroid dienone is 1. The minimum Gasteiger partial charge on any atom is -0.508 e. The fraction of sp³-hybridized carbons (Fsp3) is 0.397. The highest BCUT2D eigenvalue weighted by Gasteiger charge is 2.62. The fourth-order valence-corrected chi connectivity index (χ4v) is 13.8. The van der Waals surface area contributed by atoms with Crippen molar-refractivity contribution in [1.29, 1.82) is 0 Å². The average Bonchev–Trinajstić information content (AvgIpc) is 3.41. The molecule has 7 atom stereocenters. The molecule has 0 saturated heterocycles. The maximum atomic E-state index is 14.7. The maximum absolute atomic E-state index is 14.7. The molecule has 0 spiro atoms. The quantitative estimate of drug-likeness (QED) is 0.0459. The maximum Gasteiger partial charge on any atom is 0.310 e. The van der Waals surface area contributed by atoms with Crippen molar-refractivity contribution in [3.63, 3.8) is 0 Å². The van der Waals surface area contributed by atoms with Gasteiger partial charge in [0, 0.05) is 50.4 Å². The lowest BCUT2D eigenvalue weighted by molar-refractivity contribution is -0.167. The molecule has 4 aliphatic rings. The van der Waals surface area contributed by atoms with E-state index in [1.54, 1.807) is 24.3 Å². The third-order valence-corrected chi connectivity index (χ3v) is 16.7. The monoisotopic (exact) mass is 1020 g/mol. The van der Waals surface area contributed by atoms with Crippen LogP contribution in [-0.2, 0) is 56.0 Å². The molecule has 0 amide bonds. The first kappa shape index (κ1) is 51.6. The van der Waals surface area contributed by atoms with Crippen LogP contribution in [0.3, 0.4) is 0 Å². The highest BCUT2D eigenvalue weighted by Crippen LogP contribution is 2.68. The average molecular weight is 1020 g/mol. The molecule has 392 valence electrons. The minimum atomic E-state index is -0.837. The molecule has 0 heterocycles. The van der Waals surface area contributed by atoms with Gasteiger partial charge in [0.2, 0.25) is 0 Å². The first-order chi connectivity index (χ1) is 36.4. The third-order valence-electron chi connectivity index (χ3n) is 16.7. The number of benzene rings is 6. The number of ether oxygens (including phenoxy) is 5. The largest absolute Gasteiger partial charge is 0.508 e. The molecule has 0 radical (unpaired) electrons. The molecule has 0 bridgehead atoms. The summed E-state index contributed by atoms with van der Waals surface area (Å²) in [6.07, 6.45) is 5.44. The molecule has 4 aliphatic carbocycles. The van der Waals surface area contributed by atoms with E-state index in [0.717, 1.165) is 85.8 Å². The Labute approximate surface area is 439 Å². The minimum absolute atomic E-state index is 0.0192. The zero-order valence-corrected chi connectivity index (χ0v) is 43.4. The Balaban J connectivity index is 1.05. The Bertz CT molecular complexity index is 3130. The number of methoxy groups -OCH3 is 2. The molecule has 0 aromatic heterocycles. The summed E-state index contributed by atoms with van der Waals surface area (Å²) in [6, 6.07) is 33.3. The van der Waals surface area contributed by atoms with Gasteiger partial charge in [0.15, 0.2) is 23.0 Å². The Morgan fingerprint density at radius 3 is 2.37 bits per heavy atom. The Morgan fingerprint density at radius 1 is 0.760 bits per heavy atom. The highest BCUT2D eigenvalue weighted by atomic mass is 16.6. The molecule has 10 rings (SSSR count). The molecule has 75 heavy (non-hydrogen) atoms. The van der Waals surface area contributed by atoms with Crippen LogP contribution in [0, 0.1) is 17.3 Å². The number of fused-ring (bicyclic) bond motifs is 8. The van der Waals surface area contributed by atoms with E-state index < -0.39 is 41.4 Å². The van der Waals surface area contributed by atoms with Crippen LogP contribution in [-0.4, -0.2) is 85.2 Å². The topological polar surface area (TPSA) is 173 Å². The van der Waals surface area contributed by atoms with Gasteiger partial charge in [0.05, 0.1) is 27.2 Å². The molecule has 12 heteroatoms. The summed E-state index contributed by atoms with van der Waals surface area (Å²) in [5, 5.41) is 50.8. The van der Waals surface area contributed by atoms with Crippen molar-refractivity contribution in [3.8, 4) is 39.9 Å². The number of phenols is 3. The number of rotatable bonds is 16. The van der Waals surface area contributed by atoms with Gasteiger partial charge in [-0.15, -0.1) is 0 Å². The molecule has 5 N–H and O–H groups in total. The van der Waals surface area contributed by atoms with E-state index in [0.29, 0.717) is 63.4 Å². The van der Waals surface area contributed by atoms with Crippen molar-refractivity contribution in [1.82, 2.24) is 5.32 Å². The number of carbonyl (C=O) groups excluding carboxylic acids is 2. The normalized spacial score (nSPS) is 22.7. The van der Waals surface area contributed by atoms with Gasteiger partial charge in [-0.25, -0.2) is 0 Å². The van der Waals surface area contributed by atoms with Crippen LogP contribution in [0.15, 0.2) is 109 Å². The smallest absolute Gasteiger partial charge is 0.310 e. The summed E-state index contributed by atoms with van der Waals surface area (Å²) in [6.45, 7) is 6.08. The first-order valence-electron chi connectivity index (χ1n) is 26.6.